The van der Waals surface area contributed by atoms with Crippen molar-refractivity contribution in [1.82, 2.24) is 0 Å². The van der Waals surface area contributed by atoms with Crippen LogP contribution in [-0.2, 0) is 0 Å². The molecule has 1 heteroatoms. The number of anilines is 1. The fourth-order valence-electron chi connectivity index (χ4n) is 1.95. The minimum atomic E-state index is -0.111. The van der Waals surface area contributed by atoms with Crippen molar-refractivity contribution in [3.63, 3.8) is 0 Å². The number of nitrogens with zero attached hydrogens (tertiary/aromatic N) is 1. The van der Waals surface area contributed by atoms with Gasteiger partial charge in [-0.25, -0.2) is 0 Å². The van der Waals surface area contributed by atoms with Crippen LogP contribution in [0.25, 0.3) is 0 Å². The summed E-state index contributed by atoms with van der Waals surface area (Å²) in [6, 6.07) is 8.22. The van der Waals surface area contributed by atoms with Gasteiger partial charge in [-0.05, 0) is 24.3 Å². The third kappa shape index (κ3) is 5.70. The van der Waals surface area contributed by atoms with Crippen LogP contribution in [0.2, 0.25) is 0 Å². The second-order valence-electron chi connectivity index (χ2n) is 8.21. The molecule has 0 spiro atoms. The van der Waals surface area contributed by atoms with Gasteiger partial charge in [0.1, 0.15) is 0 Å². The Bertz CT molecular complexity index is 736. The number of terminal acetylenes is 1. The quantitative estimate of drug-likeness (QED) is 0.503. The lowest BCUT2D eigenvalue weighted by Crippen LogP contribution is -2.10. The monoisotopic (exact) mass is 319 g/mol. The van der Waals surface area contributed by atoms with Gasteiger partial charge in [-0.2, -0.15) is 0 Å². The molecule has 0 saturated heterocycles. The predicted molar refractivity (Wildman–Crippen MR) is 106 cm³/mol. The first-order valence-electron chi connectivity index (χ1n) is 8.23. The molecular formula is C23H29N. The average Bonchev–Trinajstić information content (AvgIpc) is 2.45. The first kappa shape index (κ1) is 19.7. The Morgan fingerprint density at radius 2 is 1.38 bits per heavy atom. The highest BCUT2D eigenvalue weighted by atomic mass is 15.1. The molecule has 1 nitrogen and oxygen atoms in total. The Morgan fingerprint density at radius 3 is 1.75 bits per heavy atom. The molecule has 1 rings (SSSR count). The molecular weight excluding hydrogens is 290 g/mol. The normalized spacial score (nSPS) is 10.8. The van der Waals surface area contributed by atoms with Gasteiger partial charge in [0.05, 0.1) is 5.57 Å². The molecule has 0 fully saturated rings. The highest BCUT2D eigenvalue weighted by Crippen LogP contribution is 2.28. The number of hydrogen-bond donors (Lipinski definition) is 0. The van der Waals surface area contributed by atoms with Crippen molar-refractivity contribution in [3.8, 4) is 24.2 Å². The molecule has 0 amide bonds. The molecule has 0 aromatic heterocycles. The Morgan fingerprint density at radius 1 is 0.875 bits per heavy atom. The predicted octanol–water partition coefficient (Wildman–Crippen LogP) is 5.28. The van der Waals surface area contributed by atoms with E-state index in [-0.39, 0.29) is 10.8 Å². The van der Waals surface area contributed by atoms with E-state index in [1.807, 2.05) is 26.2 Å². The molecule has 0 aliphatic rings. The Labute approximate surface area is 148 Å². The van der Waals surface area contributed by atoms with Crippen LogP contribution in [0.1, 0.15) is 47.1 Å². The molecule has 0 heterocycles. The van der Waals surface area contributed by atoms with Gasteiger partial charge in [-0.3, -0.25) is 0 Å². The smallest absolute Gasteiger partial charge is 0.0505 e. The summed E-state index contributed by atoms with van der Waals surface area (Å²) < 4.78 is 0. The van der Waals surface area contributed by atoms with E-state index in [0.29, 0.717) is 0 Å². The minimum Gasteiger partial charge on any atom is -0.378 e. The molecule has 0 bridgehead atoms. The molecule has 0 unspecified atom stereocenters. The van der Waals surface area contributed by atoms with Crippen LogP contribution in [-0.4, -0.2) is 14.1 Å². The van der Waals surface area contributed by atoms with Crippen molar-refractivity contribution < 1.29 is 0 Å². The zero-order chi connectivity index (χ0) is 18.5. The summed E-state index contributed by atoms with van der Waals surface area (Å²) >= 11 is 0. The summed E-state index contributed by atoms with van der Waals surface area (Å²) in [5.74, 6) is 9.31. The average molecular weight is 319 g/mol. The molecule has 1 aromatic carbocycles. The molecule has 0 aliphatic carbocycles. The van der Waals surface area contributed by atoms with Crippen molar-refractivity contribution in [1.29, 1.82) is 0 Å². The minimum absolute atomic E-state index is 0.107. The lowest BCUT2D eigenvalue weighted by molar-refractivity contribution is 0.509. The van der Waals surface area contributed by atoms with E-state index >= 15 is 0 Å². The van der Waals surface area contributed by atoms with Gasteiger partial charge in [-0.15, -0.1) is 6.42 Å². The zero-order valence-electron chi connectivity index (χ0n) is 16.3. The van der Waals surface area contributed by atoms with Gasteiger partial charge in [0, 0.05) is 41.7 Å². The third-order valence-corrected chi connectivity index (χ3v) is 3.61. The van der Waals surface area contributed by atoms with E-state index in [1.54, 1.807) is 0 Å². The molecule has 0 N–H and O–H groups in total. The van der Waals surface area contributed by atoms with Crippen LogP contribution in [0.4, 0.5) is 5.69 Å². The Kier molecular flexibility index (Phi) is 6.15. The van der Waals surface area contributed by atoms with Gasteiger partial charge in [0.2, 0.25) is 0 Å². The summed E-state index contributed by atoms with van der Waals surface area (Å²) in [5.41, 5.74) is 7.11. The fourth-order valence-corrected chi connectivity index (χ4v) is 1.95. The van der Waals surface area contributed by atoms with Crippen molar-refractivity contribution >= 4 is 5.69 Å². The largest absolute Gasteiger partial charge is 0.378 e. The molecule has 126 valence electrons. The first-order valence-corrected chi connectivity index (χ1v) is 8.23. The molecule has 1 aromatic rings. The summed E-state index contributed by atoms with van der Waals surface area (Å²) in [6.07, 6.45) is 5.69. The number of benzene rings is 1. The fraction of sp³-hybridized carbons (Fsp3) is 0.435. The van der Waals surface area contributed by atoms with Gasteiger partial charge in [-0.1, -0.05) is 65.0 Å². The van der Waals surface area contributed by atoms with E-state index < -0.39 is 0 Å². The number of rotatable bonds is 1. The molecule has 24 heavy (non-hydrogen) atoms. The van der Waals surface area contributed by atoms with Gasteiger partial charge < -0.3 is 4.90 Å². The Balaban J connectivity index is 3.38. The first-order chi connectivity index (χ1) is 10.9. The van der Waals surface area contributed by atoms with Crippen LogP contribution in [0.15, 0.2) is 41.1 Å². The van der Waals surface area contributed by atoms with E-state index in [1.165, 1.54) is 0 Å². The van der Waals surface area contributed by atoms with Crippen LogP contribution < -0.4 is 4.90 Å². The Hall–Kier alpha value is -2.34. The van der Waals surface area contributed by atoms with Gasteiger partial charge in [0.15, 0.2) is 0 Å². The highest BCUT2D eigenvalue weighted by Gasteiger charge is 2.19. The molecule has 0 aliphatic heterocycles. The zero-order valence-corrected chi connectivity index (χ0v) is 16.3. The van der Waals surface area contributed by atoms with E-state index in [0.717, 1.165) is 22.4 Å². The standard InChI is InChI=1S/C23H29N/c1-10-19(22(2,3)4)17-20(23(5,6)7)14-11-18-12-15-21(16-13-18)24(8)9/h1,12-13,15-16H,2-9H3. The summed E-state index contributed by atoms with van der Waals surface area (Å²) in [5, 5.41) is 0. The maximum atomic E-state index is 5.69. The van der Waals surface area contributed by atoms with Crippen molar-refractivity contribution in [3.05, 3.63) is 46.7 Å². The number of allylic oxidation sites excluding steroid dienone is 1. The maximum Gasteiger partial charge on any atom is 0.0505 e. The van der Waals surface area contributed by atoms with Crippen LogP contribution in [0.5, 0.6) is 0 Å². The highest BCUT2D eigenvalue weighted by molar-refractivity contribution is 5.51. The van der Waals surface area contributed by atoms with Crippen LogP contribution in [0.3, 0.4) is 0 Å². The summed E-state index contributed by atoms with van der Waals surface area (Å²) in [7, 11) is 4.06. The SMILES string of the molecule is C#CC(=C=C(C#Cc1ccc(N(C)C)cc1)C(C)(C)C)C(C)(C)C. The van der Waals surface area contributed by atoms with Gasteiger partial charge in [0.25, 0.3) is 0 Å². The van der Waals surface area contributed by atoms with Crippen molar-refractivity contribution in [2.24, 2.45) is 10.8 Å². The maximum absolute atomic E-state index is 5.69. The molecule has 0 saturated carbocycles. The summed E-state index contributed by atoms with van der Waals surface area (Å²) in [4.78, 5) is 2.07. The lowest BCUT2D eigenvalue weighted by Gasteiger charge is -2.19. The van der Waals surface area contributed by atoms with E-state index in [4.69, 9.17) is 6.42 Å². The van der Waals surface area contributed by atoms with E-state index in [9.17, 15) is 0 Å². The van der Waals surface area contributed by atoms with Crippen molar-refractivity contribution in [2.45, 2.75) is 41.5 Å². The van der Waals surface area contributed by atoms with Crippen molar-refractivity contribution in [2.75, 3.05) is 19.0 Å². The second kappa shape index (κ2) is 7.49. The topological polar surface area (TPSA) is 3.24 Å². The molecule has 0 radical (unpaired) electrons. The second-order valence-corrected chi connectivity index (χ2v) is 8.21. The van der Waals surface area contributed by atoms with Crippen LogP contribution in [0, 0.1) is 35.0 Å². The third-order valence-electron chi connectivity index (χ3n) is 3.61. The molecule has 0 atom stereocenters. The number of hydrogen-bond acceptors (Lipinski definition) is 1. The van der Waals surface area contributed by atoms with Crippen LogP contribution >= 0.6 is 0 Å². The van der Waals surface area contributed by atoms with Gasteiger partial charge >= 0.3 is 0 Å². The summed E-state index contributed by atoms with van der Waals surface area (Å²) in [6.45, 7) is 12.7. The lowest BCUT2D eigenvalue weighted by atomic mass is 9.83. The van der Waals surface area contributed by atoms with E-state index in [2.05, 4.69) is 82.1 Å².